The number of piperidine rings is 1. The summed E-state index contributed by atoms with van der Waals surface area (Å²) in [5.74, 6) is 3.58. The molecule has 0 radical (unpaired) electrons. The highest BCUT2D eigenvalue weighted by molar-refractivity contribution is 5.49. The van der Waals surface area contributed by atoms with Crippen molar-refractivity contribution in [1.82, 2.24) is 9.97 Å². The summed E-state index contributed by atoms with van der Waals surface area (Å²) in [6.07, 6.45) is 4.33. The van der Waals surface area contributed by atoms with Gasteiger partial charge < -0.3 is 10.2 Å². The summed E-state index contributed by atoms with van der Waals surface area (Å²) >= 11 is 0. The first kappa shape index (κ1) is 12.9. The van der Waals surface area contributed by atoms with E-state index in [0.717, 1.165) is 43.0 Å². The second-order valence-electron chi connectivity index (χ2n) is 5.00. The average molecular weight is 246 g/mol. The van der Waals surface area contributed by atoms with Gasteiger partial charge >= 0.3 is 0 Å². The van der Waals surface area contributed by atoms with Crippen molar-refractivity contribution in [2.75, 3.05) is 29.9 Å². The van der Waals surface area contributed by atoms with E-state index in [0.29, 0.717) is 0 Å². The zero-order valence-electron chi connectivity index (χ0n) is 11.3. The van der Waals surface area contributed by atoms with Gasteiger partial charge in [0.15, 0.2) is 0 Å². The molecule has 1 saturated heterocycles. The SMILES string of the molecule is C=CCNc1cc(N2CCC(C)CC2)nc(C)n1. The Labute approximate surface area is 109 Å². The molecule has 2 heterocycles. The third-order valence-electron chi connectivity index (χ3n) is 3.36. The minimum Gasteiger partial charge on any atom is -0.366 e. The highest BCUT2D eigenvalue weighted by atomic mass is 15.2. The maximum atomic E-state index is 4.54. The van der Waals surface area contributed by atoms with Crippen LogP contribution in [0.1, 0.15) is 25.6 Å². The van der Waals surface area contributed by atoms with Crippen molar-refractivity contribution in [3.8, 4) is 0 Å². The molecule has 4 heteroatoms. The summed E-state index contributed by atoms with van der Waals surface area (Å²) < 4.78 is 0. The fraction of sp³-hybridized carbons (Fsp3) is 0.571. The Morgan fingerprint density at radius 1 is 1.44 bits per heavy atom. The Kier molecular flexibility index (Phi) is 4.18. The smallest absolute Gasteiger partial charge is 0.134 e. The van der Waals surface area contributed by atoms with Crippen LogP contribution in [0.4, 0.5) is 11.6 Å². The number of aryl methyl sites for hydroxylation is 1. The summed E-state index contributed by atoms with van der Waals surface area (Å²) in [6, 6.07) is 2.03. The highest BCUT2D eigenvalue weighted by Crippen LogP contribution is 2.22. The summed E-state index contributed by atoms with van der Waals surface area (Å²) in [6.45, 7) is 10.9. The lowest BCUT2D eigenvalue weighted by Crippen LogP contribution is -2.33. The number of anilines is 2. The molecule has 0 unspecified atom stereocenters. The maximum absolute atomic E-state index is 4.54. The molecule has 1 aliphatic heterocycles. The molecule has 0 bridgehead atoms. The van der Waals surface area contributed by atoms with Crippen LogP contribution in [0.3, 0.4) is 0 Å². The Balaban J connectivity index is 2.11. The van der Waals surface area contributed by atoms with Gasteiger partial charge in [-0.3, -0.25) is 0 Å². The zero-order chi connectivity index (χ0) is 13.0. The number of aromatic nitrogens is 2. The van der Waals surface area contributed by atoms with E-state index < -0.39 is 0 Å². The van der Waals surface area contributed by atoms with E-state index in [-0.39, 0.29) is 0 Å². The van der Waals surface area contributed by atoms with E-state index >= 15 is 0 Å². The molecule has 1 aliphatic rings. The van der Waals surface area contributed by atoms with E-state index in [4.69, 9.17) is 0 Å². The minimum absolute atomic E-state index is 0.729. The van der Waals surface area contributed by atoms with Crippen LogP contribution in [-0.2, 0) is 0 Å². The van der Waals surface area contributed by atoms with Crippen molar-refractivity contribution in [3.63, 3.8) is 0 Å². The van der Waals surface area contributed by atoms with Crippen molar-refractivity contribution in [2.45, 2.75) is 26.7 Å². The standard InChI is InChI=1S/C14H22N4/c1-4-7-15-13-10-14(17-12(3)16-13)18-8-5-11(2)6-9-18/h4,10-11H,1,5-9H2,2-3H3,(H,15,16,17). The van der Waals surface area contributed by atoms with Crippen molar-refractivity contribution in [2.24, 2.45) is 5.92 Å². The highest BCUT2D eigenvalue weighted by Gasteiger charge is 2.17. The quantitative estimate of drug-likeness (QED) is 0.829. The first-order chi connectivity index (χ1) is 8.69. The van der Waals surface area contributed by atoms with Gasteiger partial charge in [-0.25, -0.2) is 9.97 Å². The topological polar surface area (TPSA) is 41.0 Å². The van der Waals surface area contributed by atoms with Gasteiger partial charge in [-0.15, -0.1) is 6.58 Å². The summed E-state index contributed by atoms with van der Waals surface area (Å²) in [5.41, 5.74) is 0. The third-order valence-corrected chi connectivity index (χ3v) is 3.36. The van der Waals surface area contributed by atoms with Crippen LogP contribution in [-0.4, -0.2) is 29.6 Å². The number of nitrogens with one attached hydrogen (secondary N) is 1. The van der Waals surface area contributed by atoms with Crippen molar-refractivity contribution < 1.29 is 0 Å². The van der Waals surface area contributed by atoms with Crippen LogP contribution < -0.4 is 10.2 Å². The van der Waals surface area contributed by atoms with Crippen LogP contribution in [0.25, 0.3) is 0 Å². The second kappa shape index (κ2) is 5.85. The van der Waals surface area contributed by atoms with Gasteiger partial charge in [0.05, 0.1) is 0 Å². The number of nitrogens with zero attached hydrogens (tertiary/aromatic N) is 3. The second-order valence-corrected chi connectivity index (χ2v) is 5.00. The molecule has 0 aromatic carbocycles. The van der Waals surface area contributed by atoms with Crippen LogP contribution in [0, 0.1) is 12.8 Å². The van der Waals surface area contributed by atoms with E-state index in [9.17, 15) is 0 Å². The summed E-state index contributed by atoms with van der Waals surface area (Å²) in [7, 11) is 0. The lowest BCUT2D eigenvalue weighted by molar-refractivity contribution is 0.436. The fourth-order valence-corrected chi connectivity index (χ4v) is 2.22. The van der Waals surface area contributed by atoms with E-state index in [1.807, 2.05) is 19.1 Å². The molecule has 0 atom stereocenters. The Hall–Kier alpha value is -1.58. The predicted octanol–water partition coefficient (Wildman–Crippen LogP) is 2.62. The molecule has 18 heavy (non-hydrogen) atoms. The molecular formula is C14H22N4. The molecule has 4 nitrogen and oxygen atoms in total. The molecule has 1 aromatic heterocycles. The third kappa shape index (κ3) is 3.22. The van der Waals surface area contributed by atoms with Crippen LogP contribution in [0.2, 0.25) is 0 Å². The largest absolute Gasteiger partial charge is 0.366 e. The van der Waals surface area contributed by atoms with Crippen LogP contribution >= 0.6 is 0 Å². The predicted molar refractivity (Wildman–Crippen MR) is 76.1 cm³/mol. The van der Waals surface area contributed by atoms with E-state index in [1.54, 1.807) is 0 Å². The Bertz CT molecular complexity index is 408. The number of hydrogen-bond donors (Lipinski definition) is 1. The molecule has 98 valence electrons. The molecule has 1 aromatic rings. The lowest BCUT2D eigenvalue weighted by atomic mass is 9.99. The Morgan fingerprint density at radius 3 is 2.83 bits per heavy atom. The number of rotatable bonds is 4. The minimum atomic E-state index is 0.729. The van der Waals surface area contributed by atoms with Gasteiger partial charge in [0.25, 0.3) is 0 Å². The zero-order valence-corrected chi connectivity index (χ0v) is 11.3. The lowest BCUT2D eigenvalue weighted by Gasteiger charge is -2.31. The molecular weight excluding hydrogens is 224 g/mol. The molecule has 1 fully saturated rings. The fourth-order valence-electron chi connectivity index (χ4n) is 2.22. The summed E-state index contributed by atoms with van der Waals surface area (Å²) in [4.78, 5) is 11.3. The monoisotopic (exact) mass is 246 g/mol. The van der Waals surface area contributed by atoms with E-state index in [2.05, 4.69) is 33.7 Å². The average Bonchev–Trinajstić information content (AvgIpc) is 2.36. The summed E-state index contributed by atoms with van der Waals surface area (Å²) in [5, 5.41) is 3.23. The molecule has 1 N–H and O–H groups in total. The molecule has 2 rings (SSSR count). The van der Waals surface area contributed by atoms with Gasteiger partial charge in [0.1, 0.15) is 17.5 Å². The molecule has 0 aliphatic carbocycles. The molecule has 0 spiro atoms. The van der Waals surface area contributed by atoms with Gasteiger partial charge in [-0.05, 0) is 25.7 Å². The molecule has 0 saturated carbocycles. The van der Waals surface area contributed by atoms with Crippen molar-refractivity contribution >= 4 is 11.6 Å². The number of hydrogen-bond acceptors (Lipinski definition) is 4. The first-order valence-electron chi connectivity index (χ1n) is 6.64. The normalized spacial score (nSPS) is 16.7. The van der Waals surface area contributed by atoms with Gasteiger partial charge in [0, 0.05) is 25.7 Å². The first-order valence-corrected chi connectivity index (χ1v) is 6.64. The molecule has 0 amide bonds. The van der Waals surface area contributed by atoms with Gasteiger partial charge in [-0.1, -0.05) is 13.0 Å². The van der Waals surface area contributed by atoms with Gasteiger partial charge in [0.2, 0.25) is 0 Å². The van der Waals surface area contributed by atoms with Crippen LogP contribution in [0.15, 0.2) is 18.7 Å². The van der Waals surface area contributed by atoms with Gasteiger partial charge in [-0.2, -0.15) is 0 Å². The van der Waals surface area contributed by atoms with E-state index in [1.165, 1.54) is 12.8 Å². The Morgan fingerprint density at radius 2 is 2.17 bits per heavy atom. The van der Waals surface area contributed by atoms with Crippen molar-refractivity contribution in [1.29, 1.82) is 0 Å². The van der Waals surface area contributed by atoms with Crippen molar-refractivity contribution in [3.05, 3.63) is 24.5 Å². The maximum Gasteiger partial charge on any atom is 0.134 e. The van der Waals surface area contributed by atoms with Crippen LogP contribution in [0.5, 0.6) is 0 Å².